The second-order valence-corrected chi connectivity index (χ2v) is 7.88. The van der Waals surface area contributed by atoms with Crippen LogP contribution in [-0.2, 0) is 0 Å². The molecule has 0 heterocycles. The molecule has 0 bridgehead atoms. The molecule has 0 aromatic heterocycles. The zero-order valence-electron chi connectivity index (χ0n) is 16.0. The SMILES string of the molecule is Brc1ccccc1.Clc1ccc(-c2ccccc2)cc1.OB(O)c1ccc(Cl)cc1. The predicted molar refractivity (Wildman–Crippen MR) is 132 cm³/mol. The van der Waals surface area contributed by atoms with Crippen LogP contribution in [-0.4, -0.2) is 17.2 Å². The van der Waals surface area contributed by atoms with Gasteiger partial charge in [0.25, 0.3) is 0 Å². The largest absolute Gasteiger partial charge is 0.488 e. The van der Waals surface area contributed by atoms with Gasteiger partial charge in [-0.15, -0.1) is 0 Å². The third kappa shape index (κ3) is 9.16. The first-order valence-corrected chi connectivity index (χ1v) is 10.6. The molecule has 0 spiro atoms. The molecule has 30 heavy (non-hydrogen) atoms. The summed E-state index contributed by atoms with van der Waals surface area (Å²) >= 11 is 14.7. The molecule has 0 unspecified atom stereocenters. The molecule has 4 rings (SSSR count). The normalized spacial score (nSPS) is 9.50. The van der Waals surface area contributed by atoms with Crippen molar-refractivity contribution >= 4 is 51.7 Å². The summed E-state index contributed by atoms with van der Waals surface area (Å²) in [5.74, 6) is 0. The first kappa shape index (κ1) is 24.2. The lowest BCUT2D eigenvalue weighted by Gasteiger charge is -2.00. The van der Waals surface area contributed by atoms with Gasteiger partial charge in [-0.3, -0.25) is 0 Å². The molecule has 0 saturated heterocycles. The number of hydrogen-bond acceptors (Lipinski definition) is 2. The smallest absolute Gasteiger partial charge is 0.423 e. The predicted octanol–water partition coefficient (Wildman–Crippen LogP) is 6.48. The second-order valence-electron chi connectivity index (χ2n) is 6.09. The maximum atomic E-state index is 8.63. The monoisotopic (exact) mass is 500 g/mol. The van der Waals surface area contributed by atoms with E-state index in [-0.39, 0.29) is 0 Å². The van der Waals surface area contributed by atoms with Crippen LogP contribution in [0.4, 0.5) is 0 Å². The molecule has 0 aliphatic rings. The Bertz CT molecular complexity index is 981. The maximum Gasteiger partial charge on any atom is 0.488 e. The minimum atomic E-state index is -1.41. The highest BCUT2D eigenvalue weighted by Gasteiger charge is 2.08. The van der Waals surface area contributed by atoms with Crippen molar-refractivity contribution in [1.82, 2.24) is 0 Å². The zero-order valence-corrected chi connectivity index (χ0v) is 19.1. The van der Waals surface area contributed by atoms with E-state index >= 15 is 0 Å². The quantitative estimate of drug-likeness (QED) is 0.309. The van der Waals surface area contributed by atoms with Crippen LogP contribution in [0.5, 0.6) is 0 Å². The Morgan fingerprint density at radius 2 is 0.933 bits per heavy atom. The van der Waals surface area contributed by atoms with Crippen molar-refractivity contribution in [2.45, 2.75) is 0 Å². The van der Waals surface area contributed by atoms with Crippen molar-refractivity contribution < 1.29 is 10.0 Å². The van der Waals surface area contributed by atoms with E-state index in [1.54, 1.807) is 24.3 Å². The van der Waals surface area contributed by atoms with E-state index in [0.717, 1.165) is 9.50 Å². The summed E-state index contributed by atoms with van der Waals surface area (Å²) in [6.45, 7) is 0. The zero-order chi connectivity index (χ0) is 21.8. The summed E-state index contributed by atoms with van der Waals surface area (Å²) in [5, 5.41) is 18.6. The Labute approximate surface area is 196 Å². The fourth-order valence-corrected chi connectivity index (χ4v) is 2.88. The molecule has 4 aromatic rings. The fourth-order valence-electron chi connectivity index (χ4n) is 2.32. The van der Waals surface area contributed by atoms with E-state index in [1.807, 2.05) is 72.8 Å². The minimum Gasteiger partial charge on any atom is -0.423 e. The fraction of sp³-hybridized carbons (Fsp3) is 0. The van der Waals surface area contributed by atoms with Crippen molar-refractivity contribution in [2.24, 2.45) is 0 Å². The van der Waals surface area contributed by atoms with Crippen molar-refractivity contribution in [1.29, 1.82) is 0 Å². The van der Waals surface area contributed by atoms with Gasteiger partial charge in [0.15, 0.2) is 0 Å². The molecular formula is C24H20BBrCl2O2. The van der Waals surface area contributed by atoms with Gasteiger partial charge in [0.1, 0.15) is 0 Å². The average Bonchev–Trinajstić information content (AvgIpc) is 2.77. The van der Waals surface area contributed by atoms with Gasteiger partial charge >= 0.3 is 7.12 Å². The van der Waals surface area contributed by atoms with Gasteiger partial charge < -0.3 is 10.0 Å². The van der Waals surface area contributed by atoms with Crippen LogP contribution in [0.3, 0.4) is 0 Å². The third-order valence-electron chi connectivity index (χ3n) is 3.85. The molecule has 0 radical (unpaired) electrons. The van der Waals surface area contributed by atoms with E-state index in [1.165, 1.54) is 11.1 Å². The highest BCUT2D eigenvalue weighted by molar-refractivity contribution is 9.10. The molecule has 4 aromatic carbocycles. The Hall–Kier alpha value is -2.08. The summed E-state index contributed by atoms with van der Waals surface area (Å²) < 4.78 is 1.13. The summed E-state index contributed by atoms with van der Waals surface area (Å²) in [7, 11) is -1.41. The Morgan fingerprint density at radius 3 is 1.33 bits per heavy atom. The van der Waals surface area contributed by atoms with Crippen molar-refractivity contribution in [2.75, 3.05) is 0 Å². The van der Waals surface area contributed by atoms with E-state index in [9.17, 15) is 0 Å². The average molecular weight is 502 g/mol. The molecule has 152 valence electrons. The standard InChI is InChI=1S/C12H9Cl.C6H6BClO2.C6H5Br/c13-12-8-6-11(7-9-12)10-4-2-1-3-5-10;8-6-3-1-5(2-4-6)7(9)10;7-6-4-2-1-3-5-6/h1-9H;1-4,9-10H;1-5H. The topological polar surface area (TPSA) is 40.5 Å². The van der Waals surface area contributed by atoms with E-state index in [4.69, 9.17) is 33.2 Å². The van der Waals surface area contributed by atoms with Crippen molar-refractivity contribution in [3.8, 4) is 11.1 Å². The summed E-state index contributed by atoms with van der Waals surface area (Å²) in [6, 6.07) is 34.4. The summed E-state index contributed by atoms with van der Waals surface area (Å²) in [6.07, 6.45) is 0. The Morgan fingerprint density at radius 1 is 0.533 bits per heavy atom. The molecule has 0 aliphatic carbocycles. The van der Waals surface area contributed by atoms with Gasteiger partial charge in [-0.2, -0.15) is 0 Å². The maximum absolute atomic E-state index is 8.63. The highest BCUT2D eigenvalue weighted by atomic mass is 79.9. The lowest BCUT2D eigenvalue weighted by molar-refractivity contribution is 0.426. The van der Waals surface area contributed by atoms with E-state index in [0.29, 0.717) is 10.5 Å². The second kappa shape index (κ2) is 13.3. The van der Waals surface area contributed by atoms with Crippen LogP contribution < -0.4 is 5.46 Å². The van der Waals surface area contributed by atoms with Crippen molar-refractivity contribution in [3.05, 3.63) is 124 Å². The van der Waals surface area contributed by atoms with Crippen LogP contribution in [0, 0.1) is 0 Å². The molecule has 0 fully saturated rings. The van der Waals surface area contributed by atoms with Gasteiger partial charge in [-0.05, 0) is 53.0 Å². The summed E-state index contributed by atoms with van der Waals surface area (Å²) in [4.78, 5) is 0. The number of rotatable bonds is 2. The Kier molecular flexibility index (Phi) is 10.7. The van der Waals surface area contributed by atoms with Gasteiger partial charge in [-0.1, -0.05) is 112 Å². The Balaban J connectivity index is 0.000000168. The highest BCUT2D eigenvalue weighted by Crippen LogP contribution is 2.20. The van der Waals surface area contributed by atoms with Gasteiger partial charge in [0, 0.05) is 14.5 Å². The molecule has 2 nitrogen and oxygen atoms in total. The van der Waals surface area contributed by atoms with Crippen LogP contribution in [0.15, 0.2) is 114 Å². The van der Waals surface area contributed by atoms with Gasteiger partial charge in [0.2, 0.25) is 0 Å². The molecule has 0 atom stereocenters. The third-order valence-corrected chi connectivity index (χ3v) is 4.89. The van der Waals surface area contributed by atoms with E-state index in [2.05, 4.69) is 28.1 Å². The molecule has 0 amide bonds. The molecule has 0 saturated carbocycles. The lowest BCUT2D eigenvalue weighted by Crippen LogP contribution is -2.29. The molecule has 2 N–H and O–H groups in total. The van der Waals surface area contributed by atoms with Crippen LogP contribution in [0.2, 0.25) is 10.0 Å². The lowest BCUT2D eigenvalue weighted by atomic mass is 9.81. The number of hydrogen-bond donors (Lipinski definition) is 2. The first-order valence-electron chi connectivity index (χ1n) is 9.09. The van der Waals surface area contributed by atoms with Crippen LogP contribution in [0.25, 0.3) is 11.1 Å². The molecular weight excluding hydrogens is 482 g/mol. The minimum absolute atomic E-state index is 0.449. The number of halogens is 3. The van der Waals surface area contributed by atoms with Gasteiger partial charge in [-0.25, -0.2) is 0 Å². The summed E-state index contributed by atoms with van der Waals surface area (Å²) in [5.41, 5.74) is 2.87. The van der Waals surface area contributed by atoms with Gasteiger partial charge in [0.05, 0.1) is 0 Å². The molecule has 0 aliphatic heterocycles. The van der Waals surface area contributed by atoms with Crippen molar-refractivity contribution in [3.63, 3.8) is 0 Å². The molecule has 6 heteroatoms. The van der Waals surface area contributed by atoms with Crippen LogP contribution >= 0.6 is 39.1 Å². The van der Waals surface area contributed by atoms with Crippen LogP contribution in [0.1, 0.15) is 0 Å². The number of benzene rings is 4. The first-order chi connectivity index (χ1) is 14.5. The van der Waals surface area contributed by atoms with E-state index < -0.39 is 7.12 Å².